The maximum Gasteiger partial charge on any atom is -0.0196 e. The van der Waals surface area contributed by atoms with Crippen molar-refractivity contribution >= 4 is 7.92 Å². The molecule has 0 saturated heterocycles. The molecule has 1 fully saturated rings. The average molecular weight is 365 g/mol. The third kappa shape index (κ3) is 8.60. The Morgan fingerprint density at radius 3 is 1.72 bits per heavy atom. The molecule has 0 aromatic rings. The van der Waals surface area contributed by atoms with Gasteiger partial charge in [-0.1, -0.05) is 90.2 Å². The molecule has 0 aromatic heterocycles. The van der Waals surface area contributed by atoms with Crippen LogP contribution < -0.4 is 0 Å². The van der Waals surface area contributed by atoms with Crippen molar-refractivity contribution in [1.82, 2.24) is 0 Å². The van der Waals surface area contributed by atoms with Gasteiger partial charge in [0, 0.05) is 0 Å². The van der Waals surface area contributed by atoms with E-state index in [0.717, 1.165) is 17.8 Å². The van der Waals surface area contributed by atoms with Crippen molar-refractivity contribution in [1.29, 1.82) is 0 Å². The number of unbranched alkanes of at least 4 members (excludes halogenated alkanes) is 10. The van der Waals surface area contributed by atoms with E-state index in [-0.39, 0.29) is 0 Å². The Hall–Kier alpha value is 0.170. The molecule has 3 unspecified atom stereocenters. The van der Waals surface area contributed by atoms with Crippen molar-refractivity contribution in [3.05, 3.63) is 12.2 Å². The zero-order chi connectivity index (χ0) is 17.7. The van der Waals surface area contributed by atoms with Crippen LogP contribution in [0.3, 0.4) is 0 Å². The van der Waals surface area contributed by atoms with Gasteiger partial charge in [0.25, 0.3) is 0 Å². The predicted molar refractivity (Wildman–Crippen MR) is 117 cm³/mol. The number of rotatable bonds is 16. The second kappa shape index (κ2) is 13.4. The molecule has 3 atom stereocenters. The predicted octanol–water partition coefficient (Wildman–Crippen LogP) is 8.40. The smallest absolute Gasteiger partial charge is 0.0196 e. The Morgan fingerprint density at radius 2 is 1.24 bits per heavy atom. The average Bonchev–Trinajstić information content (AvgIpc) is 3.23. The molecule has 2 rings (SSSR count). The molecule has 1 saturated carbocycles. The lowest BCUT2D eigenvalue weighted by Crippen LogP contribution is -2.13. The second-order valence-corrected chi connectivity index (χ2v) is 11.5. The van der Waals surface area contributed by atoms with E-state index < -0.39 is 0 Å². The van der Waals surface area contributed by atoms with Crippen molar-refractivity contribution in [3.63, 3.8) is 0 Å². The molecule has 0 heterocycles. The van der Waals surface area contributed by atoms with Gasteiger partial charge in [0.1, 0.15) is 0 Å². The fourth-order valence-corrected chi connectivity index (χ4v) is 7.98. The minimum absolute atomic E-state index is 0.334. The van der Waals surface area contributed by atoms with E-state index in [0.29, 0.717) is 7.92 Å². The SMILES string of the molecule is CCCCCCCCP(CCCCCCCC)CC1CC2C=CC1C2. The highest BCUT2D eigenvalue weighted by atomic mass is 31.1. The lowest BCUT2D eigenvalue weighted by molar-refractivity contribution is 0.498. The van der Waals surface area contributed by atoms with Crippen LogP contribution in [0.1, 0.15) is 104 Å². The lowest BCUT2D eigenvalue weighted by Gasteiger charge is -2.25. The van der Waals surface area contributed by atoms with E-state index in [1.807, 2.05) is 0 Å². The van der Waals surface area contributed by atoms with Crippen LogP contribution in [0, 0.1) is 17.8 Å². The molecule has 146 valence electrons. The van der Waals surface area contributed by atoms with Crippen molar-refractivity contribution in [3.8, 4) is 0 Å². The molecule has 2 aliphatic carbocycles. The lowest BCUT2D eigenvalue weighted by atomic mass is 9.96. The van der Waals surface area contributed by atoms with Crippen LogP contribution in [0.5, 0.6) is 0 Å². The molecular weight excluding hydrogens is 319 g/mol. The number of fused-ring (bicyclic) bond motifs is 2. The van der Waals surface area contributed by atoms with Gasteiger partial charge < -0.3 is 0 Å². The van der Waals surface area contributed by atoms with E-state index in [1.165, 1.54) is 89.9 Å². The molecular formula is C24H45P. The van der Waals surface area contributed by atoms with E-state index >= 15 is 0 Å². The van der Waals surface area contributed by atoms with Crippen molar-refractivity contribution in [2.45, 2.75) is 104 Å². The summed E-state index contributed by atoms with van der Waals surface area (Å²) in [5, 5.41) is 0. The van der Waals surface area contributed by atoms with Crippen LogP contribution in [0.4, 0.5) is 0 Å². The molecule has 2 aliphatic rings. The molecule has 0 N–H and O–H groups in total. The van der Waals surface area contributed by atoms with E-state index in [1.54, 1.807) is 18.5 Å². The standard InChI is InChI=1S/C24H45P/c1-3-5-7-9-11-13-17-25(18-14-12-10-8-6-4-2)21-24-20-22-15-16-23(24)19-22/h15-16,22-24H,3-14,17-21H2,1-2H3. The first-order valence-corrected chi connectivity index (χ1v) is 13.6. The highest BCUT2D eigenvalue weighted by Gasteiger charge is 2.36. The Balaban J connectivity index is 1.63. The van der Waals surface area contributed by atoms with Gasteiger partial charge in [-0.15, -0.1) is 7.92 Å². The Bertz CT molecular complexity index is 332. The Morgan fingerprint density at radius 1 is 0.680 bits per heavy atom. The molecule has 25 heavy (non-hydrogen) atoms. The summed E-state index contributed by atoms with van der Waals surface area (Å²) in [4.78, 5) is 0. The maximum absolute atomic E-state index is 2.57. The zero-order valence-electron chi connectivity index (χ0n) is 17.4. The first-order valence-electron chi connectivity index (χ1n) is 11.7. The van der Waals surface area contributed by atoms with Crippen molar-refractivity contribution in [2.75, 3.05) is 18.5 Å². The van der Waals surface area contributed by atoms with Gasteiger partial charge in [0.05, 0.1) is 0 Å². The first-order chi connectivity index (χ1) is 12.3. The zero-order valence-corrected chi connectivity index (χ0v) is 18.2. The molecule has 0 spiro atoms. The van der Waals surface area contributed by atoms with Crippen LogP contribution in [0.2, 0.25) is 0 Å². The normalized spacial score (nSPS) is 24.7. The molecule has 0 amide bonds. The largest absolute Gasteiger partial charge is 0.106 e. The van der Waals surface area contributed by atoms with E-state index in [2.05, 4.69) is 26.0 Å². The molecule has 2 bridgehead atoms. The monoisotopic (exact) mass is 364 g/mol. The Labute approximate surface area is 160 Å². The maximum atomic E-state index is 2.57. The molecule has 0 nitrogen and oxygen atoms in total. The highest BCUT2D eigenvalue weighted by Crippen LogP contribution is 2.50. The summed E-state index contributed by atoms with van der Waals surface area (Å²) in [6.45, 7) is 4.65. The van der Waals surface area contributed by atoms with Gasteiger partial charge >= 0.3 is 0 Å². The molecule has 0 aromatic carbocycles. The quantitative estimate of drug-likeness (QED) is 0.146. The first kappa shape index (κ1) is 21.5. The van der Waals surface area contributed by atoms with Crippen molar-refractivity contribution < 1.29 is 0 Å². The summed E-state index contributed by atoms with van der Waals surface area (Å²) >= 11 is 0. The fraction of sp³-hybridized carbons (Fsp3) is 0.917. The summed E-state index contributed by atoms with van der Waals surface area (Å²) in [5.74, 6) is 3.01. The summed E-state index contributed by atoms with van der Waals surface area (Å²) < 4.78 is 0. The van der Waals surface area contributed by atoms with Crippen LogP contribution in [0.25, 0.3) is 0 Å². The van der Waals surface area contributed by atoms with Gasteiger partial charge in [0.2, 0.25) is 0 Å². The summed E-state index contributed by atoms with van der Waals surface area (Å²) in [6.07, 6.45) is 30.6. The van der Waals surface area contributed by atoms with Gasteiger partial charge in [-0.25, -0.2) is 0 Å². The fourth-order valence-electron chi connectivity index (χ4n) is 4.96. The second-order valence-electron chi connectivity index (χ2n) is 8.88. The molecule has 1 heteroatoms. The summed E-state index contributed by atoms with van der Waals surface area (Å²) in [7, 11) is 0.334. The Kier molecular flexibility index (Phi) is 11.5. The van der Waals surface area contributed by atoms with Gasteiger partial charge in [-0.3, -0.25) is 0 Å². The van der Waals surface area contributed by atoms with Crippen molar-refractivity contribution in [2.24, 2.45) is 17.8 Å². The third-order valence-electron chi connectivity index (χ3n) is 6.56. The highest BCUT2D eigenvalue weighted by molar-refractivity contribution is 7.57. The van der Waals surface area contributed by atoms with Crippen LogP contribution in [-0.4, -0.2) is 18.5 Å². The topological polar surface area (TPSA) is 0 Å². The minimum Gasteiger partial charge on any atom is -0.106 e. The number of hydrogen-bond donors (Lipinski definition) is 0. The third-order valence-corrected chi connectivity index (χ3v) is 9.45. The van der Waals surface area contributed by atoms with E-state index in [9.17, 15) is 0 Å². The molecule has 0 aliphatic heterocycles. The number of hydrogen-bond acceptors (Lipinski definition) is 0. The van der Waals surface area contributed by atoms with Gasteiger partial charge in [-0.2, -0.15) is 0 Å². The molecule has 0 radical (unpaired) electrons. The summed E-state index contributed by atoms with van der Waals surface area (Å²) in [5.41, 5.74) is 0. The van der Waals surface area contributed by atoms with Crippen LogP contribution in [0.15, 0.2) is 12.2 Å². The summed E-state index contributed by atoms with van der Waals surface area (Å²) in [6, 6.07) is 0. The van der Waals surface area contributed by atoms with Crippen LogP contribution in [-0.2, 0) is 0 Å². The minimum atomic E-state index is 0.334. The van der Waals surface area contributed by atoms with Crippen LogP contribution >= 0.6 is 7.92 Å². The van der Waals surface area contributed by atoms with Gasteiger partial charge in [0.15, 0.2) is 0 Å². The van der Waals surface area contributed by atoms with Gasteiger partial charge in [-0.05, 0) is 61.9 Å². The number of allylic oxidation sites excluding steroid dienone is 2. The van der Waals surface area contributed by atoms with E-state index in [4.69, 9.17) is 0 Å².